The second-order valence-electron chi connectivity index (χ2n) is 7.66. The summed E-state index contributed by atoms with van der Waals surface area (Å²) in [6.07, 6.45) is 3.39. The predicted octanol–water partition coefficient (Wildman–Crippen LogP) is 3.57. The molecule has 0 bridgehead atoms. The first-order valence-corrected chi connectivity index (χ1v) is 12.0. The number of nitrogens with one attached hydrogen (secondary N) is 1. The van der Waals surface area contributed by atoms with Gasteiger partial charge in [-0.05, 0) is 36.9 Å². The molecular formula is C24H31N3O3S. The standard InChI is InChI=1S/C17H23N3O2S.C7H8O/c1-3-11-23(21,22)16-6-4-5-15-17(16)14(12-18-15)13-20-9-7-19(2)8-10-20;1-8-7-5-3-2-4-6-7/h3-6,12,18H,1,7-11,13H2,2H3;2-6H,1H3. The van der Waals surface area contributed by atoms with Gasteiger partial charge in [0.15, 0.2) is 9.84 Å². The average molecular weight is 442 g/mol. The molecule has 0 amide bonds. The number of para-hydroxylation sites is 1. The molecule has 3 aromatic rings. The first-order valence-electron chi connectivity index (χ1n) is 10.4. The molecule has 31 heavy (non-hydrogen) atoms. The van der Waals surface area contributed by atoms with Gasteiger partial charge in [0.05, 0.1) is 17.8 Å². The van der Waals surface area contributed by atoms with E-state index >= 15 is 0 Å². The molecule has 1 aliphatic heterocycles. The molecule has 6 nitrogen and oxygen atoms in total. The largest absolute Gasteiger partial charge is 0.497 e. The van der Waals surface area contributed by atoms with Crippen molar-refractivity contribution in [2.24, 2.45) is 0 Å². The second kappa shape index (κ2) is 10.6. The Hall–Kier alpha value is -2.61. The van der Waals surface area contributed by atoms with Crippen LogP contribution >= 0.6 is 0 Å². The Bertz CT molecular complexity index is 1090. The zero-order valence-electron chi connectivity index (χ0n) is 18.3. The van der Waals surface area contributed by atoms with Crippen molar-refractivity contribution in [3.05, 3.63) is 72.9 Å². The maximum atomic E-state index is 12.5. The molecule has 1 N–H and O–H groups in total. The molecule has 1 saturated heterocycles. The third-order valence-electron chi connectivity index (χ3n) is 5.39. The van der Waals surface area contributed by atoms with Gasteiger partial charge in [-0.25, -0.2) is 8.42 Å². The highest BCUT2D eigenvalue weighted by atomic mass is 32.2. The molecule has 166 valence electrons. The molecule has 0 radical (unpaired) electrons. The highest BCUT2D eigenvalue weighted by Crippen LogP contribution is 2.28. The van der Waals surface area contributed by atoms with E-state index in [1.54, 1.807) is 19.2 Å². The number of piperazine rings is 1. The van der Waals surface area contributed by atoms with Crippen molar-refractivity contribution in [3.63, 3.8) is 0 Å². The van der Waals surface area contributed by atoms with Crippen LogP contribution in [-0.4, -0.2) is 69.3 Å². The van der Waals surface area contributed by atoms with Gasteiger partial charge in [-0.15, -0.1) is 6.58 Å². The highest BCUT2D eigenvalue weighted by molar-refractivity contribution is 7.91. The molecule has 0 atom stereocenters. The van der Waals surface area contributed by atoms with Gasteiger partial charge in [-0.3, -0.25) is 4.90 Å². The number of sulfone groups is 1. The Kier molecular flexibility index (Phi) is 7.90. The number of nitrogens with zero attached hydrogens (tertiary/aromatic N) is 2. The molecule has 0 saturated carbocycles. The van der Waals surface area contributed by atoms with E-state index in [0.29, 0.717) is 4.90 Å². The van der Waals surface area contributed by atoms with Crippen molar-refractivity contribution < 1.29 is 13.2 Å². The van der Waals surface area contributed by atoms with Gasteiger partial charge >= 0.3 is 0 Å². The minimum atomic E-state index is -3.34. The molecular weight excluding hydrogens is 410 g/mol. The first kappa shape index (κ1) is 23.1. The first-order chi connectivity index (χ1) is 14.9. The van der Waals surface area contributed by atoms with Crippen LogP contribution in [0.1, 0.15) is 5.56 Å². The summed E-state index contributed by atoms with van der Waals surface area (Å²) in [5.74, 6) is 0.873. The Balaban J connectivity index is 0.000000287. The Morgan fingerprint density at radius 2 is 1.77 bits per heavy atom. The van der Waals surface area contributed by atoms with E-state index < -0.39 is 9.84 Å². The fourth-order valence-corrected chi connectivity index (χ4v) is 4.98. The number of hydrogen-bond donors (Lipinski definition) is 1. The van der Waals surface area contributed by atoms with Gasteiger partial charge in [-0.2, -0.15) is 0 Å². The topological polar surface area (TPSA) is 65.6 Å². The predicted molar refractivity (Wildman–Crippen MR) is 126 cm³/mol. The molecule has 1 aliphatic rings. The Morgan fingerprint density at radius 3 is 2.39 bits per heavy atom. The number of ether oxygens (including phenoxy) is 1. The maximum Gasteiger partial charge on any atom is 0.182 e. The Labute approximate surface area is 185 Å². The number of H-pyrrole nitrogens is 1. The summed E-state index contributed by atoms with van der Waals surface area (Å²) in [4.78, 5) is 8.30. The number of hydrogen-bond acceptors (Lipinski definition) is 5. The monoisotopic (exact) mass is 441 g/mol. The van der Waals surface area contributed by atoms with Crippen LogP contribution in [-0.2, 0) is 16.4 Å². The van der Waals surface area contributed by atoms with Gasteiger partial charge in [-0.1, -0.05) is 30.3 Å². The minimum absolute atomic E-state index is 0.0365. The summed E-state index contributed by atoms with van der Waals surface area (Å²) in [7, 11) is 0.446. The Morgan fingerprint density at radius 1 is 1.06 bits per heavy atom. The number of methoxy groups -OCH3 is 1. The van der Waals surface area contributed by atoms with E-state index in [1.165, 1.54) is 6.08 Å². The number of benzene rings is 2. The van der Waals surface area contributed by atoms with Gasteiger partial charge in [0.25, 0.3) is 0 Å². The van der Waals surface area contributed by atoms with E-state index in [-0.39, 0.29) is 5.75 Å². The molecule has 4 rings (SSSR count). The number of fused-ring (bicyclic) bond motifs is 1. The summed E-state index contributed by atoms with van der Waals surface area (Å²) in [6.45, 7) is 8.44. The molecule has 1 aromatic heterocycles. The lowest BCUT2D eigenvalue weighted by molar-refractivity contribution is 0.148. The van der Waals surface area contributed by atoms with E-state index in [2.05, 4.69) is 28.4 Å². The van der Waals surface area contributed by atoms with Crippen molar-refractivity contribution in [3.8, 4) is 5.75 Å². The zero-order chi connectivity index (χ0) is 22.3. The molecule has 7 heteroatoms. The van der Waals surface area contributed by atoms with Crippen LogP contribution in [0.3, 0.4) is 0 Å². The quantitative estimate of drug-likeness (QED) is 0.593. The SMILES string of the molecule is C=CCS(=O)(=O)c1cccc2[nH]cc(CN3CCN(C)CC3)c12.COc1ccccc1. The molecule has 2 heterocycles. The van der Waals surface area contributed by atoms with Crippen molar-refractivity contribution in [1.29, 1.82) is 0 Å². The molecule has 0 unspecified atom stereocenters. The molecule has 2 aromatic carbocycles. The van der Waals surface area contributed by atoms with E-state index in [1.807, 2.05) is 42.6 Å². The van der Waals surface area contributed by atoms with Gasteiger partial charge < -0.3 is 14.6 Å². The molecule has 0 spiro atoms. The van der Waals surface area contributed by atoms with E-state index in [9.17, 15) is 8.42 Å². The smallest absolute Gasteiger partial charge is 0.182 e. The third kappa shape index (κ3) is 5.97. The van der Waals surface area contributed by atoms with Crippen molar-refractivity contribution in [2.45, 2.75) is 11.4 Å². The zero-order valence-corrected chi connectivity index (χ0v) is 19.1. The molecule has 0 aliphatic carbocycles. The summed E-state index contributed by atoms with van der Waals surface area (Å²) in [5.41, 5.74) is 1.92. The fourth-order valence-electron chi connectivity index (χ4n) is 3.65. The van der Waals surface area contributed by atoms with Crippen molar-refractivity contribution in [1.82, 2.24) is 14.8 Å². The van der Waals surface area contributed by atoms with Crippen LogP contribution in [0.25, 0.3) is 10.9 Å². The number of aromatic amines is 1. The van der Waals surface area contributed by atoms with Crippen molar-refractivity contribution >= 4 is 20.7 Å². The lowest BCUT2D eigenvalue weighted by atomic mass is 10.1. The summed E-state index contributed by atoms with van der Waals surface area (Å²) >= 11 is 0. The van der Waals surface area contributed by atoms with Gasteiger partial charge in [0, 0.05) is 49.8 Å². The number of aromatic nitrogens is 1. The van der Waals surface area contributed by atoms with Crippen LogP contribution in [0.15, 0.2) is 72.3 Å². The van der Waals surface area contributed by atoms with Crippen LogP contribution < -0.4 is 4.74 Å². The number of likely N-dealkylation sites (N-methyl/N-ethyl adjacent to an activating group) is 1. The third-order valence-corrected chi connectivity index (χ3v) is 7.08. The maximum absolute atomic E-state index is 12.5. The van der Waals surface area contributed by atoms with Crippen LogP contribution in [0.2, 0.25) is 0 Å². The van der Waals surface area contributed by atoms with E-state index in [0.717, 1.165) is 54.9 Å². The van der Waals surface area contributed by atoms with E-state index in [4.69, 9.17) is 4.74 Å². The van der Waals surface area contributed by atoms with Crippen LogP contribution in [0.4, 0.5) is 0 Å². The molecule has 1 fully saturated rings. The minimum Gasteiger partial charge on any atom is -0.497 e. The second-order valence-corrected chi connectivity index (χ2v) is 9.66. The normalized spacial score (nSPS) is 15.3. The van der Waals surface area contributed by atoms with Crippen LogP contribution in [0.5, 0.6) is 5.75 Å². The summed E-state index contributed by atoms with van der Waals surface area (Å²) < 4.78 is 30.0. The van der Waals surface area contributed by atoms with Crippen LogP contribution in [0, 0.1) is 0 Å². The lowest BCUT2D eigenvalue weighted by Crippen LogP contribution is -2.43. The van der Waals surface area contributed by atoms with Crippen molar-refractivity contribution in [2.75, 3.05) is 46.1 Å². The fraction of sp³-hybridized carbons (Fsp3) is 0.333. The lowest BCUT2D eigenvalue weighted by Gasteiger charge is -2.32. The van der Waals surface area contributed by atoms with Gasteiger partial charge in [0.1, 0.15) is 5.75 Å². The number of rotatable bonds is 6. The summed E-state index contributed by atoms with van der Waals surface area (Å²) in [6, 6.07) is 15.1. The summed E-state index contributed by atoms with van der Waals surface area (Å²) in [5, 5.41) is 0.827. The van der Waals surface area contributed by atoms with Gasteiger partial charge in [0.2, 0.25) is 0 Å². The highest BCUT2D eigenvalue weighted by Gasteiger charge is 2.21. The average Bonchev–Trinajstić information content (AvgIpc) is 3.19.